The minimum atomic E-state index is -1.02. The summed E-state index contributed by atoms with van der Waals surface area (Å²) in [6.45, 7) is -0.0537. The first-order valence-corrected chi connectivity index (χ1v) is 7.64. The van der Waals surface area contributed by atoms with Crippen LogP contribution in [0.5, 0.6) is 0 Å². The summed E-state index contributed by atoms with van der Waals surface area (Å²) >= 11 is 0. The summed E-state index contributed by atoms with van der Waals surface area (Å²) in [6.07, 6.45) is 3.84. The third-order valence-corrected chi connectivity index (χ3v) is 3.85. The van der Waals surface area contributed by atoms with Gasteiger partial charge in [-0.25, -0.2) is 0 Å². The Morgan fingerprint density at radius 1 is 1.17 bits per heavy atom. The van der Waals surface area contributed by atoms with Gasteiger partial charge in [0.1, 0.15) is 6.54 Å². The van der Waals surface area contributed by atoms with Gasteiger partial charge in [-0.1, -0.05) is 30.3 Å². The molecule has 0 bridgehead atoms. The molecule has 2 aromatic rings. The number of aliphatic carboxylic acids is 1. The van der Waals surface area contributed by atoms with Crippen LogP contribution in [0, 0.1) is 0 Å². The highest BCUT2D eigenvalue weighted by Gasteiger charge is 2.26. The molecule has 1 aromatic carbocycles. The molecule has 5 heteroatoms. The number of carboxylic acid groups (broad SMARTS) is 1. The second-order valence-electron chi connectivity index (χ2n) is 5.78. The van der Waals surface area contributed by atoms with Crippen LogP contribution >= 0.6 is 0 Å². The van der Waals surface area contributed by atoms with E-state index in [1.54, 1.807) is 18.3 Å². The SMILES string of the molecule is O=C(O)CN(Cc1ccccc1)C(=O)c1ccnc(C2CC2)c1. The van der Waals surface area contributed by atoms with Crippen molar-refractivity contribution < 1.29 is 14.7 Å². The molecule has 1 aliphatic carbocycles. The Bertz CT molecular complexity index is 711. The summed E-state index contributed by atoms with van der Waals surface area (Å²) in [4.78, 5) is 29.5. The van der Waals surface area contributed by atoms with Crippen molar-refractivity contribution in [2.24, 2.45) is 0 Å². The Morgan fingerprint density at radius 2 is 1.91 bits per heavy atom. The van der Waals surface area contributed by atoms with Crippen molar-refractivity contribution in [3.63, 3.8) is 0 Å². The van der Waals surface area contributed by atoms with Gasteiger partial charge in [-0.15, -0.1) is 0 Å². The second kappa shape index (κ2) is 6.60. The number of nitrogens with zero attached hydrogens (tertiary/aromatic N) is 2. The largest absolute Gasteiger partial charge is 0.480 e. The van der Waals surface area contributed by atoms with Gasteiger partial charge in [0.05, 0.1) is 0 Å². The van der Waals surface area contributed by atoms with Gasteiger partial charge in [0.2, 0.25) is 0 Å². The molecule has 0 radical (unpaired) electrons. The lowest BCUT2D eigenvalue weighted by Crippen LogP contribution is -2.35. The summed E-state index contributed by atoms with van der Waals surface area (Å²) in [6, 6.07) is 12.8. The average molecular weight is 310 g/mol. The third kappa shape index (κ3) is 3.94. The number of hydrogen-bond donors (Lipinski definition) is 1. The number of rotatable bonds is 6. The van der Waals surface area contributed by atoms with E-state index in [4.69, 9.17) is 5.11 Å². The number of carboxylic acids is 1. The van der Waals surface area contributed by atoms with E-state index in [0.717, 1.165) is 24.1 Å². The fraction of sp³-hybridized carbons (Fsp3) is 0.278. The molecular formula is C18H18N2O3. The van der Waals surface area contributed by atoms with Crippen LogP contribution in [0.3, 0.4) is 0 Å². The highest BCUT2D eigenvalue weighted by Crippen LogP contribution is 2.39. The zero-order valence-corrected chi connectivity index (χ0v) is 12.7. The van der Waals surface area contributed by atoms with Crippen LogP contribution < -0.4 is 0 Å². The van der Waals surface area contributed by atoms with Gasteiger partial charge in [-0.2, -0.15) is 0 Å². The van der Waals surface area contributed by atoms with E-state index in [9.17, 15) is 9.59 Å². The number of carbonyl (C=O) groups excluding carboxylic acids is 1. The molecule has 0 atom stereocenters. The van der Waals surface area contributed by atoms with Crippen molar-refractivity contribution in [3.05, 3.63) is 65.5 Å². The Morgan fingerprint density at radius 3 is 2.57 bits per heavy atom. The maximum Gasteiger partial charge on any atom is 0.323 e. The van der Waals surface area contributed by atoms with Crippen LogP contribution in [-0.4, -0.2) is 33.4 Å². The second-order valence-corrected chi connectivity index (χ2v) is 5.78. The van der Waals surface area contributed by atoms with Gasteiger partial charge in [-0.05, 0) is 30.5 Å². The zero-order chi connectivity index (χ0) is 16.2. The van der Waals surface area contributed by atoms with Gasteiger partial charge in [0.15, 0.2) is 0 Å². The van der Waals surface area contributed by atoms with Gasteiger partial charge in [0, 0.05) is 29.9 Å². The number of aromatic nitrogens is 1. The maximum absolute atomic E-state index is 12.7. The van der Waals surface area contributed by atoms with Crippen LogP contribution in [0.4, 0.5) is 0 Å². The molecule has 1 heterocycles. The van der Waals surface area contributed by atoms with E-state index >= 15 is 0 Å². The first kappa shape index (κ1) is 15.2. The maximum atomic E-state index is 12.7. The topological polar surface area (TPSA) is 70.5 Å². The molecule has 1 aromatic heterocycles. The van der Waals surface area contributed by atoms with Gasteiger partial charge in [-0.3, -0.25) is 14.6 Å². The Balaban J connectivity index is 1.81. The van der Waals surface area contributed by atoms with Crippen molar-refractivity contribution in [1.82, 2.24) is 9.88 Å². The molecule has 5 nitrogen and oxygen atoms in total. The van der Waals surface area contributed by atoms with Crippen LogP contribution in [-0.2, 0) is 11.3 Å². The lowest BCUT2D eigenvalue weighted by molar-refractivity contribution is -0.137. The molecule has 0 aliphatic heterocycles. The quantitative estimate of drug-likeness (QED) is 0.890. The van der Waals surface area contributed by atoms with Gasteiger partial charge < -0.3 is 10.0 Å². The van der Waals surface area contributed by atoms with Crippen molar-refractivity contribution in [3.8, 4) is 0 Å². The minimum absolute atomic E-state index is 0.271. The van der Waals surface area contributed by atoms with E-state index < -0.39 is 5.97 Å². The molecule has 3 rings (SSSR count). The third-order valence-electron chi connectivity index (χ3n) is 3.85. The predicted octanol–water partition coefficient (Wildman–Crippen LogP) is 2.69. The molecule has 0 saturated heterocycles. The van der Waals surface area contributed by atoms with Crippen molar-refractivity contribution in [1.29, 1.82) is 0 Å². The van der Waals surface area contributed by atoms with E-state index in [-0.39, 0.29) is 19.0 Å². The van der Waals surface area contributed by atoms with Crippen molar-refractivity contribution in [2.45, 2.75) is 25.3 Å². The van der Waals surface area contributed by atoms with Crippen LogP contribution in [0.1, 0.15) is 40.4 Å². The fourth-order valence-electron chi connectivity index (χ4n) is 2.53. The normalized spacial score (nSPS) is 13.6. The summed E-state index contributed by atoms with van der Waals surface area (Å²) in [5.74, 6) is -0.851. The average Bonchev–Trinajstić information content (AvgIpc) is 3.39. The Kier molecular flexibility index (Phi) is 4.37. The first-order chi connectivity index (χ1) is 11.1. The van der Waals surface area contributed by atoms with Crippen molar-refractivity contribution in [2.75, 3.05) is 6.54 Å². The summed E-state index contributed by atoms with van der Waals surface area (Å²) in [7, 11) is 0. The smallest absolute Gasteiger partial charge is 0.323 e. The molecule has 0 unspecified atom stereocenters. The molecule has 23 heavy (non-hydrogen) atoms. The van der Waals surface area contributed by atoms with Gasteiger partial charge >= 0.3 is 5.97 Å². The molecule has 1 N–H and O–H groups in total. The van der Waals surface area contributed by atoms with E-state index in [0.29, 0.717) is 11.5 Å². The molecule has 1 fully saturated rings. The van der Waals surface area contributed by atoms with E-state index in [2.05, 4.69) is 4.98 Å². The number of hydrogen-bond acceptors (Lipinski definition) is 3. The first-order valence-electron chi connectivity index (χ1n) is 7.64. The monoisotopic (exact) mass is 310 g/mol. The predicted molar refractivity (Wildman–Crippen MR) is 85.0 cm³/mol. The molecule has 1 aliphatic rings. The summed E-state index contributed by atoms with van der Waals surface area (Å²) in [5, 5.41) is 9.10. The van der Waals surface area contributed by atoms with E-state index in [1.807, 2.05) is 30.3 Å². The molecule has 118 valence electrons. The Hall–Kier alpha value is -2.69. The van der Waals surface area contributed by atoms with Crippen molar-refractivity contribution >= 4 is 11.9 Å². The standard InChI is InChI=1S/C18H18N2O3/c21-17(22)12-20(11-13-4-2-1-3-5-13)18(23)15-8-9-19-16(10-15)14-6-7-14/h1-5,8-10,14H,6-7,11-12H2,(H,21,22). The number of benzene rings is 1. The molecular weight excluding hydrogens is 292 g/mol. The fourth-order valence-corrected chi connectivity index (χ4v) is 2.53. The number of amides is 1. The van der Waals surface area contributed by atoms with E-state index in [1.165, 1.54) is 4.90 Å². The summed E-state index contributed by atoms with van der Waals surface area (Å²) < 4.78 is 0. The summed E-state index contributed by atoms with van der Waals surface area (Å²) in [5.41, 5.74) is 2.32. The van der Waals surface area contributed by atoms with Crippen LogP contribution in [0.25, 0.3) is 0 Å². The lowest BCUT2D eigenvalue weighted by atomic mass is 10.1. The van der Waals surface area contributed by atoms with Gasteiger partial charge in [0.25, 0.3) is 5.91 Å². The number of pyridine rings is 1. The Labute approximate surface area is 134 Å². The van der Waals surface area contributed by atoms with Crippen LogP contribution in [0.15, 0.2) is 48.7 Å². The van der Waals surface area contributed by atoms with Crippen LogP contribution in [0.2, 0.25) is 0 Å². The molecule has 1 amide bonds. The lowest BCUT2D eigenvalue weighted by Gasteiger charge is -2.21. The minimum Gasteiger partial charge on any atom is -0.480 e. The highest BCUT2D eigenvalue weighted by atomic mass is 16.4. The number of carbonyl (C=O) groups is 2. The molecule has 1 saturated carbocycles. The molecule has 0 spiro atoms. The highest BCUT2D eigenvalue weighted by molar-refractivity contribution is 5.95. The zero-order valence-electron chi connectivity index (χ0n) is 12.7.